The monoisotopic (exact) mass is 339 g/mol. The first kappa shape index (κ1) is 15.9. The maximum atomic E-state index is 12.6. The summed E-state index contributed by atoms with van der Waals surface area (Å²) >= 11 is 0. The van der Waals surface area contributed by atoms with E-state index in [1.807, 2.05) is 40.1 Å². The fourth-order valence-corrected chi connectivity index (χ4v) is 3.46. The van der Waals surface area contributed by atoms with Crippen LogP contribution in [0.2, 0.25) is 0 Å². The Morgan fingerprint density at radius 2 is 1.88 bits per heavy atom. The van der Waals surface area contributed by atoms with Gasteiger partial charge in [-0.15, -0.1) is 0 Å². The minimum Gasteiger partial charge on any atom is -0.469 e. The van der Waals surface area contributed by atoms with Crippen molar-refractivity contribution >= 4 is 11.8 Å². The molecule has 130 valence electrons. The van der Waals surface area contributed by atoms with Gasteiger partial charge in [0.05, 0.1) is 12.7 Å². The normalized spacial score (nSPS) is 22.7. The lowest BCUT2D eigenvalue weighted by atomic mass is 10.2. The first-order valence-corrected chi connectivity index (χ1v) is 8.72. The molecule has 3 heterocycles. The zero-order chi connectivity index (χ0) is 17.2. The van der Waals surface area contributed by atoms with Crippen LogP contribution in [0.1, 0.15) is 23.8 Å². The van der Waals surface area contributed by atoms with E-state index in [9.17, 15) is 9.59 Å². The van der Waals surface area contributed by atoms with Crippen molar-refractivity contribution in [3.8, 4) is 0 Å². The number of carbonyl (C=O) groups is 2. The highest BCUT2D eigenvalue weighted by atomic mass is 16.3. The third-order valence-electron chi connectivity index (χ3n) is 5.02. The summed E-state index contributed by atoms with van der Waals surface area (Å²) in [6, 6.07) is 9.39. The smallest absolute Gasteiger partial charge is 0.228 e. The van der Waals surface area contributed by atoms with Crippen molar-refractivity contribution in [2.45, 2.75) is 18.8 Å². The number of carbonyl (C=O) groups excluding carboxylic acids is 2. The number of aromatic nitrogens is 1. The summed E-state index contributed by atoms with van der Waals surface area (Å²) in [5.74, 6) is 1.44. The van der Waals surface area contributed by atoms with Crippen molar-refractivity contribution in [1.82, 2.24) is 14.8 Å². The molecule has 4 rings (SSSR count). The molecule has 2 aromatic rings. The summed E-state index contributed by atoms with van der Waals surface area (Å²) in [7, 11) is 0. The second-order valence-corrected chi connectivity index (χ2v) is 6.67. The lowest BCUT2D eigenvalue weighted by Crippen LogP contribution is -2.51. The van der Waals surface area contributed by atoms with Gasteiger partial charge >= 0.3 is 0 Å². The average molecular weight is 339 g/mol. The third kappa shape index (κ3) is 3.43. The summed E-state index contributed by atoms with van der Waals surface area (Å²) in [6.45, 7) is 2.40. The molecule has 25 heavy (non-hydrogen) atoms. The van der Waals surface area contributed by atoms with Gasteiger partial charge in [-0.2, -0.15) is 0 Å². The number of pyridine rings is 1. The SMILES string of the molecule is O=C(Cc1ccccn1)N1CCN(C(=O)[C@H]2C[C@@H]2c2ccco2)CC1. The van der Waals surface area contributed by atoms with Crippen LogP contribution in [0.5, 0.6) is 0 Å². The fraction of sp³-hybridized carbons (Fsp3) is 0.421. The number of amides is 2. The van der Waals surface area contributed by atoms with Crippen LogP contribution in [0.3, 0.4) is 0 Å². The zero-order valence-corrected chi connectivity index (χ0v) is 14.0. The van der Waals surface area contributed by atoms with Crippen molar-refractivity contribution in [2.75, 3.05) is 26.2 Å². The predicted molar refractivity (Wildman–Crippen MR) is 90.7 cm³/mol. The minimum absolute atomic E-state index is 0.0434. The Morgan fingerprint density at radius 1 is 1.08 bits per heavy atom. The van der Waals surface area contributed by atoms with E-state index in [-0.39, 0.29) is 23.7 Å². The number of hydrogen-bond donors (Lipinski definition) is 0. The summed E-state index contributed by atoms with van der Waals surface area (Å²) in [5.41, 5.74) is 0.783. The van der Waals surface area contributed by atoms with Crippen LogP contribution >= 0.6 is 0 Å². The molecule has 0 spiro atoms. The van der Waals surface area contributed by atoms with Gasteiger partial charge in [-0.1, -0.05) is 6.07 Å². The van der Waals surface area contributed by atoms with Crippen molar-refractivity contribution in [3.05, 3.63) is 54.2 Å². The molecule has 1 saturated heterocycles. The highest BCUT2D eigenvalue weighted by molar-refractivity contribution is 5.83. The number of hydrogen-bond acceptors (Lipinski definition) is 4. The molecular weight excluding hydrogens is 318 g/mol. The highest BCUT2D eigenvalue weighted by Gasteiger charge is 2.47. The molecule has 1 aliphatic carbocycles. The maximum Gasteiger partial charge on any atom is 0.228 e. The van der Waals surface area contributed by atoms with Gasteiger partial charge in [-0.05, 0) is 30.7 Å². The Kier molecular flexibility index (Phi) is 4.26. The van der Waals surface area contributed by atoms with E-state index in [0.717, 1.165) is 17.9 Å². The molecule has 6 heteroatoms. The molecule has 1 aliphatic heterocycles. The van der Waals surface area contributed by atoms with Gasteiger partial charge in [0.2, 0.25) is 11.8 Å². The molecule has 6 nitrogen and oxygen atoms in total. The fourth-order valence-electron chi connectivity index (χ4n) is 3.46. The number of furan rings is 1. The average Bonchev–Trinajstić information content (AvgIpc) is 3.26. The van der Waals surface area contributed by atoms with E-state index in [1.165, 1.54) is 0 Å². The molecule has 2 fully saturated rings. The summed E-state index contributed by atoms with van der Waals surface area (Å²) in [5, 5.41) is 0. The third-order valence-corrected chi connectivity index (χ3v) is 5.02. The van der Waals surface area contributed by atoms with Crippen LogP contribution in [-0.4, -0.2) is 52.8 Å². The van der Waals surface area contributed by atoms with E-state index < -0.39 is 0 Å². The minimum atomic E-state index is 0.0434. The van der Waals surface area contributed by atoms with Crippen molar-refractivity contribution in [2.24, 2.45) is 5.92 Å². The van der Waals surface area contributed by atoms with Crippen LogP contribution in [0.4, 0.5) is 0 Å². The summed E-state index contributed by atoms with van der Waals surface area (Å²) in [4.78, 5) is 32.9. The Balaban J connectivity index is 1.27. The molecule has 2 atom stereocenters. The Morgan fingerprint density at radius 3 is 2.56 bits per heavy atom. The van der Waals surface area contributed by atoms with E-state index in [4.69, 9.17) is 4.42 Å². The lowest BCUT2D eigenvalue weighted by Gasteiger charge is -2.35. The van der Waals surface area contributed by atoms with Crippen LogP contribution in [-0.2, 0) is 16.0 Å². The van der Waals surface area contributed by atoms with E-state index in [0.29, 0.717) is 32.6 Å². The van der Waals surface area contributed by atoms with Crippen molar-refractivity contribution in [1.29, 1.82) is 0 Å². The first-order chi connectivity index (χ1) is 12.2. The van der Waals surface area contributed by atoms with E-state index in [1.54, 1.807) is 12.5 Å². The molecule has 0 N–H and O–H groups in total. The predicted octanol–water partition coefficient (Wildman–Crippen LogP) is 1.69. The second kappa shape index (κ2) is 6.70. The van der Waals surface area contributed by atoms with Gasteiger partial charge in [0.1, 0.15) is 5.76 Å². The van der Waals surface area contributed by atoms with E-state index in [2.05, 4.69) is 4.98 Å². The molecule has 1 saturated carbocycles. The quantitative estimate of drug-likeness (QED) is 0.850. The van der Waals surface area contributed by atoms with Gasteiger partial charge in [0.15, 0.2) is 0 Å². The standard InChI is InChI=1S/C19H21N3O3/c23-18(12-14-4-1-2-6-20-14)21-7-9-22(10-8-21)19(24)16-13-15(16)17-5-3-11-25-17/h1-6,11,15-16H,7-10,12-13H2/t15-,16-/m0/s1. The largest absolute Gasteiger partial charge is 0.469 e. The van der Waals surface area contributed by atoms with Crippen molar-refractivity contribution < 1.29 is 14.0 Å². The number of nitrogens with zero attached hydrogens (tertiary/aromatic N) is 3. The van der Waals surface area contributed by atoms with Crippen molar-refractivity contribution in [3.63, 3.8) is 0 Å². The van der Waals surface area contributed by atoms with Crippen LogP contribution in [0.15, 0.2) is 47.2 Å². The molecule has 0 radical (unpaired) electrons. The molecule has 2 aliphatic rings. The molecule has 0 aromatic carbocycles. The van der Waals surface area contributed by atoms with Gasteiger partial charge in [0.25, 0.3) is 0 Å². The van der Waals surface area contributed by atoms with Gasteiger partial charge in [-0.25, -0.2) is 0 Å². The number of piperazine rings is 1. The Labute approximate surface area is 146 Å². The molecule has 0 unspecified atom stereocenters. The Bertz CT molecular complexity index is 737. The van der Waals surface area contributed by atoms with Gasteiger partial charge in [0, 0.05) is 49.9 Å². The van der Waals surface area contributed by atoms with Crippen LogP contribution in [0.25, 0.3) is 0 Å². The zero-order valence-electron chi connectivity index (χ0n) is 14.0. The maximum absolute atomic E-state index is 12.6. The molecule has 2 aromatic heterocycles. The highest BCUT2D eigenvalue weighted by Crippen LogP contribution is 2.48. The van der Waals surface area contributed by atoms with Gasteiger partial charge < -0.3 is 14.2 Å². The van der Waals surface area contributed by atoms with Crippen LogP contribution in [0, 0.1) is 5.92 Å². The molecule has 2 amide bonds. The summed E-state index contributed by atoms with van der Waals surface area (Å²) < 4.78 is 5.40. The van der Waals surface area contributed by atoms with E-state index >= 15 is 0 Å². The lowest BCUT2D eigenvalue weighted by molar-refractivity contribution is -0.140. The first-order valence-electron chi connectivity index (χ1n) is 8.72. The Hall–Kier alpha value is -2.63. The topological polar surface area (TPSA) is 66.7 Å². The summed E-state index contributed by atoms with van der Waals surface area (Å²) in [6.07, 6.45) is 4.54. The second-order valence-electron chi connectivity index (χ2n) is 6.67. The van der Waals surface area contributed by atoms with Crippen LogP contribution < -0.4 is 0 Å². The molecule has 0 bridgehead atoms. The van der Waals surface area contributed by atoms with Gasteiger partial charge in [-0.3, -0.25) is 14.6 Å². The molecular formula is C19H21N3O3. The number of rotatable bonds is 4.